The van der Waals surface area contributed by atoms with Crippen molar-refractivity contribution in [3.63, 3.8) is 0 Å². The lowest BCUT2D eigenvalue weighted by atomic mass is 9.60. The Bertz CT molecular complexity index is 3020. The number of fused-ring (bicyclic) bond motifs is 3. The van der Waals surface area contributed by atoms with Crippen LogP contribution in [0.5, 0.6) is 0 Å². The summed E-state index contributed by atoms with van der Waals surface area (Å²) in [5, 5.41) is 2.55. The molecule has 9 rings (SSSR count). The van der Waals surface area contributed by atoms with Gasteiger partial charge in [0.05, 0.1) is 0 Å². The monoisotopic (exact) mass is 763 g/mol. The number of rotatable bonds is 6. The van der Waals surface area contributed by atoms with Crippen LogP contribution >= 0.6 is 11.3 Å². The van der Waals surface area contributed by atoms with E-state index in [1.54, 1.807) is 0 Å². The average molecular weight is 762 g/mol. The number of aromatic nitrogens is 3. The Labute approximate surface area is 360 Å². The highest BCUT2D eigenvalue weighted by atomic mass is 32.1. The fraction of sp³-hybridized carbons (Fsp3) is 0. The minimum absolute atomic E-state index is 0.681. The van der Waals surface area contributed by atoms with E-state index in [2.05, 4.69) is 194 Å². The molecular weight excluding hydrogens is 723 g/mol. The van der Waals surface area contributed by atoms with Gasteiger partial charge in [-0.2, -0.15) is 0 Å². The van der Waals surface area contributed by atoms with E-state index >= 15 is 0 Å². The third-order valence-corrected chi connectivity index (χ3v) is 14.6. The van der Waals surface area contributed by atoms with Crippen LogP contribution in [-0.2, 0) is 0 Å². The number of hydrogen-bond donors (Lipinski definition) is 0. The molecule has 59 heavy (non-hydrogen) atoms. The highest BCUT2D eigenvalue weighted by molar-refractivity contribution is 7.26. The molecular formula is C45H39B10N3S. The number of hydrogen-bond acceptors (Lipinski definition) is 4. The van der Waals surface area contributed by atoms with E-state index in [1.165, 1.54) is 103 Å². The third kappa shape index (κ3) is 6.57. The first-order chi connectivity index (χ1) is 28.4. The van der Waals surface area contributed by atoms with Crippen LogP contribution < -0.4 is 54.6 Å². The average Bonchev–Trinajstić information content (AvgIpc) is 3.66. The molecule has 0 aliphatic rings. The molecule has 0 fully saturated rings. The van der Waals surface area contributed by atoms with Crippen LogP contribution in [0.2, 0.25) is 0 Å². The summed E-state index contributed by atoms with van der Waals surface area (Å²) in [5.74, 6) is 2.13. The van der Waals surface area contributed by atoms with Gasteiger partial charge in [0.25, 0.3) is 0 Å². The van der Waals surface area contributed by atoms with Gasteiger partial charge in [0.15, 0.2) is 17.5 Å². The summed E-state index contributed by atoms with van der Waals surface area (Å²) in [6.07, 6.45) is 0. The predicted octanol–water partition coefficient (Wildman–Crippen LogP) is -5.17. The molecule has 9 aromatic rings. The Morgan fingerprint density at radius 3 is 1.19 bits per heavy atom. The Morgan fingerprint density at radius 2 is 0.678 bits per heavy atom. The Balaban J connectivity index is 1.21. The van der Waals surface area contributed by atoms with Gasteiger partial charge in [-0.25, -0.2) is 15.0 Å². The van der Waals surface area contributed by atoms with Crippen molar-refractivity contribution >= 4 is 165 Å². The highest BCUT2D eigenvalue weighted by Crippen LogP contribution is 2.44. The fourth-order valence-corrected chi connectivity index (χ4v) is 10.3. The second-order valence-electron chi connectivity index (χ2n) is 16.3. The molecule has 2 aromatic heterocycles. The molecule has 0 aliphatic carbocycles. The molecule has 0 amide bonds. The van der Waals surface area contributed by atoms with Crippen molar-refractivity contribution in [1.29, 1.82) is 0 Å². The molecule has 0 aliphatic heterocycles. The third-order valence-electron chi connectivity index (χ3n) is 13.3. The quantitative estimate of drug-likeness (QED) is 0.160. The maximum Gasteiger partial charge on any atom is 0.164 e. The molecule has 0 bridgehead atoms. The molecule has 14 heteroatoms. The van der Waals surface area contributed by atoms with Crippen LogP contribution in [-0.4, -0.2) is 93.4 Å². The first-order valence-corrected chi connectivity index (χ1v) is 21.4. The summed E-state index contributed by atoms with van der Waals surface area (Å²) in [7, 11) is 22.1. The van der Waals surface area contributed by atoms with Gasteiger partial charge in [-0.15, -0.1) is 44.1 Å². The van der Waals surface area contributed by atoms with Crippen LogP contribution in [0.25, 0.3) is 87.7 Å². The number of benzene rings is 7. The molecule has 0 spiro atoms. The minimum atomic E-state index is 0.681. The van der Waals surface area contributed by atoms with Crippen molar-refractivity contribution in [2.24, 2.45) is 0 Å². The number of nitrogens with zero attached hydrogens (tertiary/aromatic N) is 3. The van der Waals surface area contributed by atoms with Gasteiger partial charge in [-0.1, -0.05) is 131 Å². The lowest BCUT2D eigenvalue weighted by molar-refractivity contribution is 1.08. The largest absolute Gasteiger partial charge is 0.208 e. The van der Waals surface area contributed by atoms with E-state index in [0.29, 0.717) is 5.82 Å². The van der Waals surface area contributed by atoms with Gasteiger partial charge in [0, 0.05) is 36.9 Å². The van der Waals surface area contributed by atoms with Crippen molar-refractivity contribution < 1.29 is 0 Å². The van der Waals surface area contributed by atoms with Crippen LogP contribution in [0.3, 0.4) is 0 Å². The lowest BCUT2D eigenvalue weighted by Gasteiger charge is -2.22. The summed E-state index contributed by atoms with van der Waals surface area (Å²) in [4.78, 5) is 16.0. The minimum Gasteiger partial charge on any atom is -0.208 e. The normalized spacial score (nSPS) is 11.4. The topological polar surface area (TPSA) is 38.7 Å². The molecule has 0 atom stereocenters. The van der Waals surface area contributed by atoms with Gasteiger partial charge in [0.1, 0.15) is 78.5 Å². The molecule has 0 saturated carbocycles. The van der Waals surface area contributed by atoms with E-state index in [9.17, 15) is 0 Å². The summed E-state index contributed by atoms with van der Waals surface area (Å²) >= 11 is 1.88. The Hall–Kier alpha value is -5.58. The first kappa shape index (κ1) is 38.9. The highest BCUT2D eigenvalue weighted by Gasteiger charge is 2.22. The Morgan fingerprint density at radius 1 is 0.305 bits per heavy atom. The smallest absolute Gasteiger partial charge is 0.164 e. The first-order valence-electron chi connectivity index (χ1n) is 20.5. The van der Waals surface area contributed by atoms with Crippen molar-refractivity contribution in [3.05, 3.63) is 115 Å². The standard InChI is InChI=1S/C45H39B10N3S/c46-31-29(32(47)36(51)39(54)35(31)50)44-56-43(57-45(58-44)30-33(48)37(52)40(55)38(53)34(30)49)24-10-4-9-23(19-24)26-12-6-14-28-27-13-5-11-25(41(27)59-42(26)28)22-17-15-21(16-18-22)20-7-2-1-3-8-20/h1-19H,46-55H2. The van der Waals surface area contributed by atoms with E-state index < -0.39 is 0 Å². The second kappa shape index (κ2) is 15.2. The van der Waals surface area contributed by atoms with Crippen molar-refractivity contribution in [2.45, 2.75) is 0 Å². The summed E-state index contributed by atoms with van der Waals surface area (Å²) in [5.41, 5.74) is 23.1. The van der Waals surface area contributed by atoms with Gasteiger partial charge in [-0.3, -0.25) is 0 Å². The predicted molar refractivity (Wildman–Crippen MR) is 287 cm³/mol. The molecule has 7 aromatic carbocycles. The van der Waals surface area contributed by atoms with Crippen LogP contribution in [0.1, 0.15) is 0 Å². The van der Waals surface area contributed by atoms with Gasteiger partial charge in [-0.05, 0) is 39.4 Å². The van der Waals surface area contributed by atoms with E-state index in [0.717, 1.165) is 33.9 Å². The van der Waals surface area contributed by atoms with E-state index in [4.69, 9.17) is 15.0 Å². The van der Waals surface area contributed by atoms with Crippen molar-refractivity contribution in [1.82, 2.24) is 15.0 Å². The van der Waals surface area contributed by atoms with E-state index in [1.807, 2.05) is 11.3 Å². The van der Waals surface area contributed by atoms with Crippen LogP contribution in [0, 0.1) is 0 Å². The maximum absolute atomic E-state index is 5.35. The van der Waals surface area contributed by atoms with Crippen LogP contribution in [0.15, 0.2) is 115 Å². The van der Waals surface area contributed by atoms with Gasteiger partial charge < -0.3 is 0 Å². The molecule has 0 radical (unpaired) electrons. The maximum atomic E-state index is 5.35. The SMILES string of the molecule is Bc1c(B)c(B)c(-c2nc(-c3cccc(-c4cccc5c4sc4c(-c6ccc(-c7ccccc7)cc6)cccc45)c3)nc(-c3c(B)c(B)c(B)c(B)c3B)n2)c(B)c1B. The van der Waals surface area contributed by atoms with Gasteiger partial charge >= 0.3 is 0 Å². The molecule has 0 saturated heterocycles. The Kier molecular flexibility index (Phi) is 10.0. The van der Waals surface area contributed by atoms with E-state index in [-0.39, 0.29) is 0 Å². The van der Waals surface area contributed by atoms with Crippen molar-refractivity contribution in [2.75, 3.05) is 0 Å². The molecule has 0 N–H and O–H groups in total. The van der Waals surface area contributed by atoms with Crippen molar-refractivity contribution in [3.8, 4) is 67.5 Å². The molecule has 2 heterocycles. The van der Waals surface area contributed by atoms with Crippen LogP contribution in [0.4, 0.5) is 0 Å². The molecule has 0 unspecified atom stereocenters. The molecule has 3 nitrogen and oxygen atoms in total. The second-order valence-corrected chi connectivity index (χ2v) is 17.3. The summed E-state index contributed by atoms with van der Waals surface area (Å²) in [6.45, 7) is 0. The zero-order chi connectivity index (χ0) is 41.3. The lowest BCUT2D eigenvalue weighted by Crippen LogP contribution is -2.55. The van der Waals surface area contributed by atoms with Gasteiger partial charge in [0.2, 0.25) is 0 Å². The summed E-state index contributed by atoms with van der Waals surface area (Å²) in [6, 6.07) is 41.8. The zero-order valence-electron chi connectivity index (χ0n) is 35.7. The fourth-order valence-electron chi connectivity index (χ4n) is 8.97. The zero-order valence-corrected chi connectivity index (χ0v) is 36.5. The summed E-state index contributed by atoms with van der Waals surface area (Å²) < 4.78 is 2.58. The number of thiophene rings is 1. The molecule has 270 valence electrons.